The molecule has 2 aromatic rings. The predicted octanol–water partition coefficient (Wildman–Crippen LogP) is 2.13. The summed E-state index contributed by atoms with van der Waals surface area (Å²) in [6, 6.07) is 5.17. The number of H-pyrrole nitrogens is 1. The summed E-state index contributed by atoms with van der Waals surface area (Å²) in [7, 11) is 0. The van der Waals surface area contributed by atoms with E-state index < -0.39 is 0 Å². The Morgan fingerprint density at radius 2 is 2.24 bits per heavy atom. The average Bonchev–Trinajstić information content (AvgIpc) is 2.73. The number of nitrogens with one attached hydrogen (secondary N) is 2. The number of aromatic amines is 1. The minimum Gasteiger partial charge on any atom is -0.367 e. The number of thiophene rings is 1. The summed E-state index contributed by atoms with van der Waals surface area (Å²) in [5, 5.41) is 2.70. The molecular weight excluding hydrogens is 304 g/mol. The highest BCUT2D eigenvalue weighted by atomic mass is 79.9. The molecule has 0 aromatic carbocycles. The molecule has 0 atom stereocenters. The van der Waals surface area contributed by atoms with E-state index in [9.17, 15) is 9.59 Å². The Hall–Kier alpha value is -1.40. The highest BCUT2D eigenvalue weighted by Crippen LogP contribution is 2.21. The smallest absolute Gasteiger partial charge is 0.257 e. The Morgan fingerprint density at radius 3 is 2.88 bits per heavy atom. The normalized spacial score (nSPS) is 10.2. The van der Waals surface area contributed by atoms with Gasteiger partial charge in [0.05, 0.1) is 10.3 Å². The van der Waals surface area contributed by atoms with E-state index in [1.54, 1.807) is 11.3 Å². The zero-order valence-electron chi connectivity index (χ0n) is 8.70. The van der Waals surface area contributed by atoms with Crippen LogP contribution in [0.4, 0.5) is 0 Å². The molecule has 0 aliphatic heterocycles. The van der Waals surface area contributed by atoms with Crippen LogP contribution in [-0.4, -0.2) is 10.9 Å². The maximum Gasteiger partial charge on any atom is 0.257 e. The maximum atomic E-state index is 11.7. The summed E-state index contributed by atoms with van der Waals surface area (Å²) in [5.41, 5.74) is -0.156. The van der Waals surface area contributed by atoms with E-state index in [0.717, 1.165) is 8.66 Å². The van der Waals surface area contributed by atoms with E-state index in [1.165, 1.54) is 18.5 Å². The summed E-state index contributed by atoms with van der Waals surface area (Å²) in [6.07, 6.45) is 2.90. The standard InChI is InChI=1S/C11H9BrN2O2S/c12-10-2-1-7(17-10)5-14-11(16)8-6-13-4-3-9(8)15/h1-4,6H,5H2,(H,13,15)(H,14,16). The molecule has 6 heteroatoms. The van der Waals surface area contributed by atoms with Crippen molar-refractivity contribution in [2.24, 2.45) is 0 Å². The third-order valence-electron chi connectivity index (χ3n) is 2.12. The predicted molar refractivity (Wildman–Crippen MR) is 70.3 cm³/mol. The first-order valence-corrected chi connectivity index (χ1v) is 6.47. The van der Waals surface area contributed by atoms with Gasteiger partial charge in [-0.1, -0.05) is 0 Å². The van der Waals surface area contributed by atoms with Crippen molar-refractivity contribution in [2.45, 2.75) is 6.54 Å². The number of rotatable bonds is 3. The fourth-order valence-electron chi connectivity index (χ4n) is 1.30. The van der Waals surface area contributed by atoms with Crippen LogP contribution in [0.25, 0.3) is 0 Å². The third kappa shape index (κ3) is 3.04. The van der Waals surface area contributed by atoms with E-state index in [0.29, 0.717) is 6.54 Å². The van der Waals surface area contributed by atoms with Crippen LogP contribution < -0.4 is 10.7 Å². The second-order valence-corrected chi connectivity index (χ2v) is 5.86. The molecule has 1 amide bonds. The molecular formula is C11H9BrN2O2S. The van der Waals surface area contributed by atoms with Crippen molar-refractivity contribution in [1.82, 2.24) is 10.3 Å². The van der Waals surface area contributed by atoms with Crippen LogP contribution in [0.3, 0.4) is 0 Å². The number of pyridine rings is 1. The number of carbonyl (C=O) groups excluding carboxylic acids is 1. The zero-order chi connectivity index (χ0) is 12.3. The molecule has 2 aromatic heterocycles. The van der Waals surface area contributed by atoms with Crippen molar-refractivity contribution in [3.05, 3.63) is 55.0 Å². The van der Waals surface area contributed by atoms with Gasteiger partial charge in [0.15, 0.2) is 5.43 Å². The number of halogens is 1. The van der Waals surface area contributed by atoms with E-state index in [1.807, 2.05) is 12.1 Å². The van der Waals surface area contributed by atoms with Gasteiger partial charge in [0.2, 0.25) is 0 Å². The molecule has 17 heavy (non-hydrogen) atoms. The number of hydrogen-bond donors (Lipinski definition) is 2. The van der Waals surface area contributed by atoms with Crippen LogP contribution >= 0.6 is 27.3 Å². The summed E-state index contributed by atoms with van der Waals surface area (Å²) < 4.78 is 1.01. The highest BCUT2D eigenvalue weighted by molar-refractivity contribution is 9.11. The Labute approximate surface area is 110 Å². The third-order valence-corrected chi connectivity index (χ3v) is 3.74. The quantitative estimate of drug-likeness (QED) is 0.912. The fraction of sp³-hybridized carbons (Fsp3) is 0.0909. The number of aromatic nitrogens is 1. The first-order chi connectivity index (χ1) is 8.16. The van der Waals surface area contributed by atoms with E-state index in [-0.39, 0.29) is 16.9 Å². The molecule has 0 saturated carbocycles. The molecule has 0 fully saturated rings. The van der Waals surface area contributed by atoms with Crippen molar-refractivity contribution in [3.63, 3.8) is 0 Å². The van der Waals surface area contributed by atoms with Crippen LogP contribution in [0.2, 0.25) is 0 Å². The number of amides is 1. The van der Waals surface area contributed by atoms with Crippen LogP contribution in [-0.2, 0) is 6.54 Å². The van der Waals surface area contributed by atoms with Crippen molar-refractivity contribution < 1.29 is 4.79 Å². The molecule has 88 valence electrons. The summed E-state index contributed by atoms with van der Waals surface area (Å²) in [4.78, 5) is 26.8. The molecule has 0 unspecified atom stereocenters. The minimum atomic E-state index is -0.364. The molecule has 0 aliphatic carbocycles. The highest BCUT2D eigenvalue weighted by Gasteiger charge is 2.09. The molecule has 0 radical (unpaired) electrons. The van der Waals surface area contributed by atoms with Gasteiger partial charge in [0, 0.05) is 23.3 Å². The molecule has 0 aliphatic rings. The van der Waals surface area contributed by atoms with Crippen molar-refractivity contribution in [3.8, 4) is 0 Å². The van der Waals surface area contributed by atoms with Gasteiger partial charge in [0.1, 0.15) is 5.56 Å². The van der Waals surface area contributed by atoms with Crippen molar-refractivity contribution >= 4 is 33.2 Å². The van der Waals surface area contributed by atoms with Crippen LogP contribution in [0, 0.1) is 0 Å². The van der Waals surface area contributed by atoms with E-state index in [2.05, 4.69) is 26.2 Å². The maximum absolute atomic E-state index is 11.7. The van der Waals surface area contributed by atoms with Gasteiger partial charge in [0.25, 0.3) is 5.91 Å². The topological polar surface area (TPSA) is 62.0 Å². The Kier molecular flexibility index (Phi) is 3.75. The van der Waals surface area contributed by atoms with Gasteiger partial charge in [-0.2, -0.15) is 0 Å². The van der Waals surface area contributed by atoms with Crippen LogP contribution in [0.1, 0.15) is 15.2 Å². The lowest BCUT2D eigenvalue weighted by atomic mass is 10.2. The molecule has 0 saturated heterocycles. The largest absolute Gasteiger partial charge is 0.367 e. The van der Waals surface area contributed by atoms with E-state index in [4.69, 9.17) is 0 Å². The second-order valence-electron chi connectivity index (χ2n) is 3.31. The summed E-state index contributed by atoms with van der Waals surface area (Å²) >= 11 is 4.89. The molecule has 2 N–H and O–H groups in total. The minimum absolute atomic E-state index is 0.128. The van der Waals surface area contributed by atoms with Gasteiger partial charge in [-0.3, -0.25) is 9.59 Å². The van der Waals surface area contributed by atoms with Gasteiger partial charge in [-0.05, 0) is 28.1 Å². The Balaban J connectivity index is 2.03. The SMILES string of the molecule is O=C(NCc1ccc(Br)s1)c1c[nH]ccc1=O. The lowest BCUT2D eigenvalue weighted by Gasteiger charge is -2.02. The van der Waals surface area contributed by atoms with E-state index >= 15 is 0 Å². The monoisotopic (exact) mass is 312 g/mol. The fourth-order valence-corrected chi connectivity index (χ4v) is 2.73. The number of hydrogen-bond acceptors (Lipinski definition) is 3. The molecule has 2 rings (SSSR count). The van der Waals surface area contributed by atoms with Gasteiger partial charge in [-0.25, -0.2) is 0 Å². The second kappa shape index (κ2) is 5.29. The molecule has 0 bridgehead atoms. The average molecular weight is 313 g/mol. The first kappa shape index (κ1) is 12.1. The van der Waals surface area contributed by atoms with Crippen molar-refractivity contribution in [2.75, 3.05) is 0 Å². The van der Waals surface area contributed by atoms with Crippen molar-refractivity contribution in [1.29, 1.82) is 0 Å². The first-order valence-electron chi connectivity index (χ1n) is 4.86. The molecule has 0 spiro atoms. The molecule has 2 heterocycles. The van der Waals surface area contributed by atoms with Gasteiger partial charge in [-0.15, -0.1) is 11.3 Å². The zero-order valence-corrected chi connectivity index (χ0v) is 11.1. The van der Waals surface area contributed by atoms with Gasteiger partial charge < -0.3 is 10.3 Å². The summed E-state index contributed by atoms with van der Waals surface area (Å²) in [5.74, 6) is -0.364. The molecule has 4 nitrogen and oxygen atoms in total. The summed E-state index contributed by atoms with van der Waals surface area (Å²) in [6.45, 7) is 0.420. The van der Waals surface area contributed by atoms with Gasteiger partial charge >= 0.3 is 0 Å². The number of carbonyl (C=O) groups is 1. The Morgan fingerprint density at radius 1 is 1.41 bits per heavy atom. The van der Waals surface area contributed by atoms with Crippen LogP contribution in [0.15, 0.2) is 39.2 Å². The lowest BCUT2D eigenvalue weighted by molar-refractivity contribution is 0.0950. The lowest BCUT2D eigenvalue weighted by Crippen LogP contribution is -2.27. The Bertz CT molecular complexity index is 591. The van der Waals surface area contributed by atoms with Crippen LogP contribution in [0.5, 0.6) is 0 Å².